The number of anilines is 2. The first-order valence-corrected chi connectivity index (χ1v) is 9.85. The van der Waals surface area contributed by atoms with Gasteiger partial charge >= 0.3 is 0 Å². The van der Waals surface area contributed by atoms with Gasteiger partial charge in [-0.3, -0.25) is 10.2 Å². The van der Waals surface area contributed by atoms with Crippen molar-refractivity contribution in [3.05, 3.63) is 59.5 Å². The second-order valence-corrected chi connectivity index (χ2v) is 6.91. The zero-order valence-corrected chi connectivity index (χ0v) is 16.6. The number of thiazole rings is 1. The van der Waals surface area contributed by atoms with Gasteiger partial charge in [0.15, 0.2) is 0 Å². The molecule has 2 aromatic carbocycles. The van der Waals surface area contributed by atoms with Crippen molar-refractivity contribution in [2.75, 3.05) is 17.9 Å². The molecule has 0 aliphatic carbocycles. The van der Waals surface area contributed by atoms with Crippen molar-refractivity contribution in [2.24, 2.45) is 5.10 Å². The molecule has 0 radical (unpaired) electrons. The maximum atomic E-state index is 11.7. The van der Waals surface area contributed by atoms with Crippen LogP contribution in [-0.4, -0.2) is 24.2 Å². The van der Waals surface area contributed by atoms with Gasteiger partial charge in [-0.25, -0.2) is 4.98 Å². The number of hydrazone groups is 1. The topological polar surface area (TPSA) is 75.6 Å². The van der Waals surface area contributed by atoms with Crippen LogP contribution in [0.2, 0.25) is 0 Å². The molecule has 0 saturated carbocycles. The zero-order valence-electron chi connectivity index (χ0n) is 15.8. The molecule has 1 amide bonds. The van der Waals surface area contributed by atoms with E-state index in [-0.39, 0.29) is 5.91 Å². The van der Waals surface area contributed by atoms with Gasteiger partial charge < -0.3 is 10.1 Å². The molecule has 1 aromatic heterocycles. The van der Waals surface area contributed by atoms with Crippen molar-refractivity contribution >= 4 is 34.3 Å². The fraction of sp³-hybridized carbons (Fsp3) is 0.190. The molecule has 0 bridgehead atoms. The molecule has 28 heavy (non-hydrogen) atoms. The van der Waals surface area contributed by atoms with E-state index < -0.39 is 0 Å². The minimum Gasteiger partial charge on any atom is -0.497 e. The fourth-order valence-electron chi connectivity index (χ4n) is 2.48. The van der Waals surface area contributed by atoms with E-state index in [0.717, 1.165) is 34.7 Å². The highest BCUT2D eigenvalue weighted by atomic mass is 32.1. The van der Waals surface area contributed by atoms with Gasteiger partial charge in [0.05, 0.1) is 19.0 Å². The number of carbonyl (C=O) groups is 1. The van der Waals surface area contributed by atoms with Crippen LogP contribution in [0.4, 0.5) is 10.8 Å². The van der Waals surface area contributed by atoms with Crippen LogP contribution in [0.3, 0.4) is 0 Å². The minimum atomic E-state index is 0.0325. The molecule has 144 valence electrons. The maximum Gasteiger partial charge on any atom is 0.224 e. The Labute approximate surface area is 168 Å². The second-order valence-electron chi connectivity index (χ2n) is 6.06. The molecule has 0 spiro atoms. The SMILES string of the molecule is CCCC(=O)Nc1ccc(-c2csc(N/N=C/c3ccc(OC)cc3)n2)cc1. The average Bonchev–Trinajstić information content (AvgIpc) is 3.18. The standard InChI is InChI=1S/C21H22N4O2S/c1-3-4-20(26)23-17-9-7-16(8-10-17)19-14-28-21(24-19)25-22-13-15-5-11-18(27-2)12-6-15/h5-14H,3-4H2,1-2H3,(H,23,26)(H,24,25)/b22-13+. The summed E-state index contributed by atoms with van der Waals surface area (Å²) in [6.45, 7) is 1.98. The number of carbonyl (C=O) groups excluding carboxylic acids is 1. The van der Waals surface area contributed by atoms with E-state index in [1.165, 1.54) is 11.3 Å². The normalized spacial score (nSPS) is 10.8. The van der Waals surface area contributed by atoms with Crippen LogP contribution in [0.5, 0.6) is 5.75 Å². The number of methoxy groups -OCH3 is 1. The van der Waals surface area contributed by atoms with Crippen LogP contribution < -0.4 is 15.5 Å². The molecular formula is C21H22N4O2S. The molecule has 0 unspecified atom stereocenters. The van der Waals surface area contributed by atoms with E-state index in [2.05, 4.69) is 20.8 Å². The van der Waals surface area contributed by atoms with Gasteiger partial charge in [-0.05, 0) is 48.4 Å². The summed E-state index contributed by atoms with van der Waals surface area (Å²) in [5.41, 5.74) is 6.55. The lowest BCUT2D eigenvalue weighted by Gasteiger charge is -2.04. The van der Waals surface area contributed by atoms with E-state index in [9.17, 15) is 4.79 Å². The summed E-state index contributed by atoms with van der Waals surface area (Å²) in [7, 11) is 1.64. The highest BCUT2D eigenvalue weighted by molar-refractivity contribution is 7.14. The summed E-state index contributed by atoms with van der Waals surface area (Å²) in [5, 5.41) is 9.78. The number of benzene rings is 2. The first-order chi connectivity index (χ1) is 13.7. The van der Waals surface area contributed by atoms with Crippen molar-refractivity contribution in [3.8, 4) is 17.0 Å². The van der Waals surface area contributed by atoms with Crippen molar-refractivity contribution in [3.63, 3.8) is 0 Å². The van der Waals surface area contributed by atoms with E-state index >= 15 is 0 Å². The van der Waals surface area contributed by atoms with E-state index in [4.69, 9.17) is 4.74 Å². The summed E-state index contributed by atoms with van der Waals surface area (Å²) in [5.74, 6) is 0.843. The number of ether oxygens (including phenoxy) is 1. The fourth-order valence-corrected chi connectivity index (χ4v) is 3.15. The molecule has 1 heterocycles. The number of aromatic nitrogens is 1. The van der Waals surface area contributed by atoms with E-state index in [1.54, 1.807) is 13.3 Å². The Morgan fingerprint density at radius 1 is 1.18 bits per heavy atom. The molecule has 3 aromatic rings. The van der Waals surface area contributed by atoms with Crippen LogP contribution in [0.25, 0.3) is 11.3 Å². The third-order valence-electron chi connectivity index (χ3n) is 3.94. The maximum absolute atomic E-state index is 11.7. The lowest BCUT2D eigenvalue weighted by atomic mass is 10.1. The Morgan fingerprint density at radius 2 is 1.93 bits per heavy atom. The summed E-state index contributed by atoms with van der Waals surface area (Å²) < 4.78 is 5.14. The molecule has 3 rings (SSSR count). The smallest absolute Gasteiger partial charge is 0.224 e. The number of rotatable bonds is 8. The van der Waals surface area contributed by atoms with Gasteiger partial charge in [-0.15, -0.1) is 11.3 Å². The number of amides is 1. The second kappa shape index (κ2) is 9.66. The molecule has 0 aliphatic rings. The number of hydrogen-bond acceptors (Lipinski definition) is 6. The van der Waals surface area contributed by atoms with Gasteiger partial charge in [0, 0.05) is 23.1 Å². The van der Waals surface area contributed by atoms with Crippen molar-refractivity contribution < 1.29 is 9.53 Å². The molecule has 7 heteroatoms. The highest BCUT2D eigenvalue weighted by Crippen LogP contribution is 2.26. The Hall–Kier alpha value is -3.19. The molecule has 0 saturated heterocycles. The monoisotopic (exact) mass is 394 g/mol. The van der Waals surface area contributed by atoms with Gasteiger partial charge in [-0.1, -0.05) is 19.1 Å². The lowest BCUT2D eigenvalue weighted by molar-refractivity contribution is -0.116. The lowest BCUT2D eigenvalue weighted by Crippen LogP contribution is -2.10. The predicted octanol–water partition coefficient (Wildman–Crippen LogP) is 5.00. The third kappa shape index (κ3) is 5.40. The van der Waals surface area contributed by atoms with Crippen LogP contribution >= 0.6 is 11.3 Å². The van der Waals surface area contributed by atoms with Crippen LogP contribution in [0.15, 0.2) is 59.0 Å². The number of nitrogens with one attached hydrogen (secondary N) is 2. The highest BCUT2D eigenvalue weighted by Gasteiger charge is 2.05. The Bertz CT molecular complexity index is 934. The molecule has 0 fully saturated rings. The zero-order chi connectivity index (χ0) is 19.8. The molecule has 6 nitrogen and oxygen atoms in total. The van der Waals surface area contributed by atoms with Crippen molar-refractivity contribution in [1.29, 1.82) is 0 Å². The summed E-state index contributed by atoms with van der Waals surface area (Å²) in [6, 6.07) is 15.3. The van der Waals surface area contributed by atoms with E-state index in [0.29, 0.717) is 11.6 Å². The van der Waals surface area contributed by atoms with E-state index in [1.807, 2.05) is 60.8 Å². The summed E-state index contributed by atoms with van der Waals surface area (Å²) >= 11 is 1.48. The van der Waals surface area contributed by atoms with Crippen LogP contribution in [0.1, 0.15) is 25.3 Å². The Morgan fingerprint density at radius 3 is 2.61 bits per heavy atom. The third-order valence-corrected chi connectivity index (χ3v) is 4.68. The number of nitrogens with zero attached hydrogens (tertiary/aromatic N) is 2. The van der Waals surface area contributed by atoms with Crippen molar-refractivity contribution in [1.82, 2.24) is 4.98 Å². The predicted molar refractivity (Wildman–Crippen MR) is 115 cm³/mol. The quantitative estimate of drug-likeness (QED) is 0.416. The molecule has 2 N–H and O–H groups in total. The molecule has 0 atom stereocenters. The summed E-state index contributed by atoms with van der Waals surface area (Å²) in [4.78, 5) is 16.2. The Kier molecular flexibility index (Phi) is 6.75. The molecular weight excluding hydrogens is 372 g/mol. The van der Waals surface area contributed by atoms with Crippen LogP contribution in [-0.2, 0) is 4.79 Å². The van der Waals surface area contributed by atoms with Gasteiger partial charge in [0.1, 0.15) is 5.75 Å². The van der Waals surface area contributed by atoms with Crippen LogP contribution in [0, 0.1) is 0 Å². The van der Waals surface area contributed by atoms with Gasteiger partial charge in [0.25, 0.3) is 0 Å². The largest absolute Gasteiger partial charge is 0.497 e. The first-order valence-electron chi connectivity index (χ1n) is 8.97. The van der Waals surface area contributed by atoms with Crippen molar-refractivity contribution in [2.45, 2.75) is 19.8 Å². The minimum absolute atomic E-state index is 0.0325. The summed E-state index contributed by atoms with van der Waals surface area (Å²) in [6.07, 6.45) is 3.09. The Balaban J connectivity index is 1.58. The van der Waals surface area contributed by atoms with Gasteiger partial charge in [-0.2, -0.15) is 5.10 Å². The van der Waals surface area contributed by atoms with Gasteiger partial charge in [0.2, 0.25) is 11.0 Å². The molecule has 0 aliphatic heterocycles. The first kappa shape index (κ1) is 19.6. The average molecular weight is 395 g/mol. The number of hydrogen-bond donors (Lipinski definition) is 2.